The zero-order chi connectivity index (χ0) is 14.1. The number of benzene rings is 1. The van der Waals surface area contributed by atoms with E-state index in [-0.39, 0.29) is 0 Å². The first-order valence-electron chi connectivity index (χ1n) is 7.22. The topological polar surface area (TPSA) is 36.4 Å². The van der Waals surface area contributed by atoms with E-state index in [0.29, 0.717) is 12.5 Å². The molecule has 1 aromatic carbocycles. The van der Waals surface area contributed by atoms with Gasteiger partial charge in [0.05, 0.1) is 23.7 Å². The average Bonchev–Trinajstić information content (AvgIpc) is 2.82. The Hall–Kier alpha value is -1.87. The SMILES string of the molecule is CC[C@@H](O)c1ccc(N2c3ccccc3CC2C)cn1. The smallest absolute Gasteiger partial charge is 0.0957 e. The number of aromatic nitrogens is 1. The van der Waals surface area contributed by atoms with Crippen LogP contribution in [0.4, 0.5) is 11.4 Å². The van der Waals surface area contributed by atoms with Gasteiger partial charge in [-0.2, -0.15) is 0 Å². The minimum atomic E-state index is -0.465. The van der Waals surface area contributed by atoms with Crippen molar-refractivity contribution in [2.75, 3.05) is 4.90 Å². The highest BCUT2D eigenvalue weighted by molar-refractivity contribution is 5.70. The van der Waals surface area contributed by atoms with Crippen LogP contribution in [0.3, 0.4) is 0 Å². The van der Waals surface area contributed by atoms with E-state index >= 15 is 0 Å². The maximum atomic E-state index is 9.82. The highest BCUT2D eigenvalue weighted by Gasteiger charge is 2.26. The number of pyridine rings is 1. The van der Waals surface area contributed by atoms with Gasteiger partial charge < -0.3 is 10.0 Å². The van der Waals surface area contributed by atoms with Gasteiger partial charge in [-0.05, 0) is 43.5 Å². The Morgan fingerprint density at radius 3 is 2.80 bits per heavy atom. The van der Waals surface area contributed by atoms with Crippen molar-refractivity contribution in [3.8, 4) is 0 Å². The molecule has 1 aliphatic heterocycles. The van der Waals surface area contributed by atoms with Crippen molar-refractivity contribution in [1.82, 2.24) is 4.98 Å². The first-order valence-corrected chi connectivity index (χ1v) is 7.22. The molecule has 2 heterocycles. The Kier molecular flexibility index (Phi) is 3.45. The summed E-state index contributed by atoms with van der Waals surface area (Å²) in [6.07, 6.45) is 3.16. The minimum Gasteiger partial charge on any atom is -0.387 e. The van der Waals surface area contributed by atoms with E-state index in [2.05, 4.69) is 47.1 Å². The van der Waals surface area contributed by atoms with Crippen LogP contribution in [0.2, 0.25) is 0 Å². The van der Waals surface area contributed by atoms with Crippen LogP contribution >= 0.6 is 0 Å². The van der Waals surface area contributed by atoms with Crippen molar-refractivity contribution in [2.24, 2.45) is 0 Å². The number of para-hydroxylation sites is 1. The zero-order valence-electron chi connectivity index (χ0n) is 12.0. The fourth-order valence-electron chi connectivity index (χ4n) is 2.91. The monoisotopic (exact) mass is 268 g/mol. The quantitative estimate of drug-likeness (QED) is 0.924. The molecule has 1 aromatic heterocycles. The fraction of sp³-hybridized carbons (Fsp3) is 0.353. The summed E-state index contributed by atoms with van der Waals surface area (Å²) >= 11 is 0. The van der Waals surface area contributed by atoms with E-state index in [1.807, 2.05) is 19.2 Å². The van der Waals surface area contributed by atoms with Crippen LogP contribution in [0.25, 0.3) is 0 Å². The molecule has 1 unspecified atom stereocenters. The molecule has 1 aliphatic rings. The summed E-state index contributed by atoms with van der Waals surface area (Å²) in [7, 11) is 0. The van der Waals surface area contributed by atoms with E-state index in [0.717, 1.165) is 17.8 Å². The Morgan fingerprint density at radius 1 is 1.30 bits per heavy atom. The van der Waals surface area contributed by atoms with Crippen LogP contribution in [0.1, 0.15) is 37.6 Å². The molecule has 104 valence electrons. The summed E-state index contributed by atoms with van der Waals surface area (Å²) in [6.45, 7) is 4.19. The van der Waals surface area contributed by atoms with E-state index < -0.39 is 6.10 Å². The van der Waals surface area contributed by atoms with Crippen molar-refractivity contribution < 1.29 is 5.11 Å². The number of aliphatic hydroxyl groups is 1. The molecule has 0 aliphatic carbocycles. The molecule has 0 fully saturated rings. The van der Waals surface area contributed by atoms with E-state index in [1.165, 1.54) is 11.3 Å². The highest BCUT2D eigenvalue weighted by atomic mass is 16.3. The number of hydrogen-bond acceptors (Lipinski definition) is 3. The van der Waals surface area contributed by atoms with Gasteiger partial charge in [-0.15, -0.1) is 0 Å². The van der Waals surface area contributed by atoms with Crippen LogP contribution in [-0.2, 0) is 6.42 Å². The van der Waals surface area contributed by atoms with Crippen molar-refractivity contribution in [3.63, 3.8) is 0 Å². The number of nitrogens with zero attached hydrogens (tertiary/aromatic N) is 2. The third-order valence-electron chi connectivity index (χ3n) is 3.98. The number of rotatable bonds is 3. The number of aliphatic hydroxyl groups excluding tert-OH is 1. The molecule has 0 bridgehead atoms. The molecule has 0 radical (unpaired) electrons. The van der Waals surface area contributed by atoms with Crippen LogP contribution in [0.5, 0.6) is 0 Å². The summed E-state index contributed by atoms with van der Waals surface area (Å²) in [5.41, 5.74) is 4.49. The lowest BCUT2D eigenvalue weighted by Gasteiger charge is -2.25. The van der Waals surface area contributed by atoms with Crippen LogP contribution in [0, 0.1) is 0 Å². The summed E-state index contributed by atoms with van der Waals surface area (Å²) in [5, 5.41) is 9.82. The largest absolute Gasteiger partial charge is 0.387 e. The van der Waals surface area contributed by atoms with Gasteiger partial charge in [0.2, 0.25) is 0 Å². The van der Waals surface area contributed by atoms with Crippen LogP contribution < -0.4 is 4.90 Å². The Balaban J connectivity index is 1.93. The third kappa shape index (κ3) is 2.18. The van der Waals surface area contributed by atoms with Crippen LogP contribution in [0.15, 0.2) is 42.6 Å². The molecule has 1 N–H and O–H groups in total. The first-order chi connectivity index (χ1) is 9.70. The minimum absolute atomic E-state index is 0.441. The molecule has 3 nitrogen and oxygen atoms in total. The average molecular weight is 268 g/mol. The van der Waals surface area contributed by atoms with Crippen molar-refractivity contribution in [2.45, 2.75) is 38.8 Å². The standard InChI is InChI=1S/C17H20N2O/c1-3-17(20)15-9-8-14(11-18-15)19-12(2)10-13-6-4-5-7-16(13)19/h4-9,11-12,17,20H,3,10H2,1-2H3/t12?,17-/m1/s1. The number of hydrogen-bond donors (Lipinski definition) is 1. The second-order valence-electron chi connectivity index (χ2n) is 5.42. The number of anilines is 2. The molecule has 0 spiro atoms. The normalized spacial score (nSPS) is 18.9. The van der Waals surface area contributed by atoms with E-state index in [9.17, 15) is 5.11 Å². The second kappa shape index (κ2) is 5.25. The van der Waals surface area contributed by atoms with Gasteiger partial charge in [-0.25, -0.2) is 0 Å². The van der Waals surface area contributed by atoms with Gasteiger partial charge in [0.25, 0.3) is 0 Å². The summed E-state index contributed by atoms with van der Waals surface area (Å²) in [4.78, 5) is 6.73. The van der Waals surface area contributed by atoms with Crippen LogP contribution in [-0.4, -0.2) is 16.1 Å². The number of fused-ring (bicyclic) bond motifs is 1. The van der Waals surface area contributed by atoms with E-state index in [1.54, 1.807) is 0 Å². The van der Waals surface area contributed by atoms with Gasteiger partial charge in [-0.1, -0.05) is 25.1 Å². The highest BCUT2D eigenvalue weighted by Crippen LogP contribution is 2.37. The molecule has 2 aromatic rings. The lowest BCUT2D eigenvalue weighted by molar-refractivity contribution is 0.169. The zero-order valence-corrected chi connectivity index (χ0v) is 12.0. The van der Waals surface area contributed by atoms with Gasteiger partial charge in [0.1, 0.15) is 0 Å². The first kappa shape index (κ1) is 13.1. The fourth-order valence-corrected chi connectivity index (χ4v) is 2.91. The third-order valence-corrected chi connectivity index (χ3v) is 3.98. The van der Waals surface area contributed by atoms with Gasteiger partial charge >= 0.3 is 0 Å². The summed E-state index contributed by atoms with van der Waals surface area (Å²) < 4.78 is 0. The molecule has 0 saturated heterocycles. The van der Waals surface area contributed by atoms with E-state index in [4.69, 9.17) is 0 Å². The molecule has 3 heteroatoms. The Bertz CT molecular complexity index is 594. The lowest BCUT2D eigenvalue weighted by atomic mass is 10.1. The van der Waals surface area contributed by atoms with Crippen molar-refractivity contribution >= 4 is 11.4 Å². The molecule has 2 atom stereocenters. The lowest BCUT2D eigenvalue weighted by Crippen LogP contribution is -2.24. The molecule has 0 amide bonds. The molecular weight excluding hydrogens is 248 g/mol. The maximum absolute atomic E-state index is 9.82. The maximum Gasteiger partial charge on any atom is 0.0957 e. The van der Waals surface area contributed by atoms with Gasteiger partial charge in [-0.3, -0.25) is 4.98 Å². The van der Waals surface area contributed by atoms with Crippen molar-refractivity contribution in [1.29, 1.82) is 0 Å². The predicted octanol–water partition coefficient (Wildman–Crippen LogP) is 3.61. The van der Waals surface area contributed by atoms with Gasteiger partial charge in [0, 0.05) is 11.7 Å². The summed E-state index contributed by atoms with van der Waals surface area (Å²) in [6, 6.07) is 12.9. The Labute approximate surface area is 119 Å². The molecule has 0 saturated carbocycles. The predicted molar refractivity (Wildman–Crippen MR) is 81.2 cm³/mol. The Morgan fingerprint density at radius 2 is 2.10 bits per heavy atom. The van der Waals surface area contributed by atoms with Crippen molar-refractivity contribution in [3.05, 3.63) is 53.9 Å². The second-order valence-corrected chi connectivity index (χ2v) is 5.42. The summed E-state index contributed by atoms with van der Waals surface area (Å²) in [5.74, 6) is 0. The molecular formula is C17H20N2O. The molecule has 20 heavy (non-hydrogen) atoms. The van der Waals surface area contributed by atoms with Gasteiger partial charge in [0.15, 0.2) is 0 Å². The molecule has 3 rings (SSSR count).